The monoisotopic (exact) mass is 359 g/mol. The summed E-state index contributed by atoms with van der Waals surface area (Å²) in [6.07, 6.45) is 1.63. The van der Waals surface area contributed by atoms with Crippen molar-refractivity contribution in [2.75, 3.05) is 21.3 Å². The summed E-state index contributed by atoms with van der Waals surface area (Å²) in [5, 5.41) is 7.65. The van der Waals surface area contributed by atoms with E-state index in [1.807, 2.05) is 30.3 Å². The molecule has 2 N–H and O–H groups in total. The van der Waals surface area contributed by atoms with Crippen LogP contribution in [-0.2, 0) is 6.54 Å². The Labute approximate surface area is 152 Å². The summed E-state index contributed by atoms with van der Waals surface area (Å²) in [5.74, 6) is 1.66. The summed E-state index contributed by atoms with van der Waals surface area (Å²) >= 11 is 5.20. The van der Waals surface area contributed by atoms with Crippen molar-refractivity contribution in [2.45, 2.75) is 6.54 Å². The van der Waals surface area contributed by atoms with E-state index in [1.54, 1.807) is 39.7 Å². The highest BCUT2D eigenvalue weighted by Crippen LogP contribution is 2.37. The molecule has 0 aromatic heterocycles. The summed E-state index contributed by atoms with van der Waals surface area (Å²) in [5.41, 5.74) is 4.71. The molecule has 0 bridgehead atoms. The fourth-order valence-electron chi connectivity index (χ4n) is 2.16. The third-order valence-electron chi connectivity index (χ3n) is 3.36. The molecule has 0 aliphatic rings. The number of ether oxygens (including phenoxy) is 3. The van der Waals surface area contributed by atoms with Crippen LogP contribution in [0.4, 0.5) is 0 Å². The fourth-order valence-corrected chi connectivity index (χ4v) is 2.28. The van der Waals surface area contributed by atoms with Gasteiger partial charge in [0.05, 0.1) is 27.5 Å². The van der Waals surface area contributed by atoms with Crippen LogP contribution in [0.3, 0.4) is 0 Å². The van der Waals surface area contributed by atoms with E-state index in [1.165, 1.54) is 0 Å². The van der Waals surface area contributed by atoms with Crippen molar-refractivity contribution in [3.63, 3.8) is 0 Å². The van der Waals surface area contributed by atoms with Crippen LogP contribution in [0.1, 0.15) is 11.1 Å². The Morgan fingerprint density at radius 2 is 1.68 bits per heavy atom. The Balaban J connectivity index is 1.96. The first kappa shape index (κ1) is 18.5. The predicted octanol–water partition coefficient (Wildman–Crippen LogP) is 2.71. The van der Waals surface area contributed by atoms with Gasteiger partial charge < -0.3 is 19.5 Å². The Hall–Kier alpha value is -2.80. The highest BCUT2D eigenvalue weighted by Gasteiger charge is 2.12. The molecule has 0 heterocycles. The molecule has 25 heavy (non-hydrogen) atoms. The topological polar surface area (TPSA) is 64.1 Å². The van der Waals surface area contributed by atoms with E-state index in [9.17, 15) is 0 Å². The lowest BCUT2D eigenvalue weighted by atomic mass is 10.2. The molecule has 0 unspecified atom stereocenters. The van der Waals surface area contributed by atoms with Gasteiger partial charge in [-0.25, -0.2) is 0 Å². The summed E-state index contributed by atoms with van der Waals surface area (Å²) in [6, 6.07) is 13.6. The van der Waals surface area contributed by atoms with Gasteiger partial charge in [0, 0.05) is 12.1 Å². The van der Waals surface area contributed by atoms with E-state index in [0.29, 0.717) is 28.9 Å². The molecular weight excluding hydrogens is 338 g/mol. The number of benzene rings is 2. The molecule has 2 rings (SSSR count). The Bertz CT molecular complexity index is 711. The molecule has 0 spiro atoms. The van der Waals surface area contributed by atoms with Gasteiger partial charge in [-0.1, -0.05) is 30.3 Å². The highest BCUT2D eigenvalue weighted by molar-refractivity contribution is 7.80. The van der Waals surface area contributed by atoms with Crippen LogP contribution in [0.5, 0.6) is 17.2 Å². The maximum atomic E-state index is 5.31. The quantitative estimate of drug-likeness (QED) is 0.450. The third kappa shape index (κ3) is 5.36. The van der Waals surface area contributed by atoms with E-state index in [2.05, 4.69) is 15.8 Å². The van der Waals surface area contributed by atoms with Crippen molar-refractivity contribution in [3.05, 3.63) is 53.6 Å². The second kappa shape index (κ2) is 9.48. The van der Waals surface area contributed by atoms with Gasteiger partial charge in [0.1, 0.15) is 0 Å². The van der Waals surface area contributed by atoms with Gasteiger partial charge in [0.2, 0.25) is 5.75 Å². The molecule has 6 nitrogen and oxygen atoms in total. The Morgan fingerprint density at radius 3 is 2.24 bits per heavy atom. The average molecular weight is 359 g/mol. The van der Waals surface area contributed by atoms with Gasteiger partial charge in [0.25, 0.3) is 0 Å². The SMILES string of the molecule is COc1cc(/C=N/NC(=S)NCc2ccccc2)cc(OC)c1OC. The molecule has 0 amide bonds. The van der Waals surface area contributed by atoms with Crippen LogP contribution < -0.4 is 25.0 Å². The molecule has 132 valence electrons. The minimum absolute atomic E-state index is 0.438. The number of hydrogen-bond acceptors (Lipinski definition) is 5. The predicted molar refractivity (Wildman–Crippen MR) is 103 cm³/mol. The Kier molecular flexibility index (Phi) is 7.03. The van der Waals surface area contributed by atoms with Crippen LogP contribution >= 0.6 is 12.2 Å². The number of rotatable bonds is 7. The molecule has 7 heteroatoms. The molecule has 0 radical (unpaired) electrons. The number of thiocarbonyl (C=S) groups is 1. The average Bonchev–Trinajstić information content (AvgIpc) is 2.66. The van der Waals surface area contributed by atoms with Crippen LogP contribution in [-0.4, -0.2) is 32.7 Å². The van der Waals surface area contributed by atoms with Crippen molar-refractivity contribution in [2.24, 2.45) is 5.10 Å². The van der Waals surface area contributed by atoms with Crippen molar-refractivity contribution < 1.29 is 14.2 Å². The molecule has 0 saturated carbocycles. The molecule has 0 fully saturated rings. The van der Waals surface area contributed by atoms with Crippen LogP contribution in [0.2, 0.25) is 0 Å². The van der Waals surface area contributed by atoms with Crippen LogP contribution in [0, 0.1) is 0 Å². The summed E-state index contributed by atoms with van der Waals surface area (Å²) in [4.78, 5) is 0. The van der Waals surface area contributed by atoms with E-state index in [4.69, 9.17) is 26.4 Å². The molecule has 0 saturated heterocycles. The largest absolute Gasteiger partial charge is 0.493 e. The number of nitrogens with one attached hydrogen (secondary N) is 2. The summed E-state index contributed by atoms with van der Waals surface area (Å²) < 4.78 is 15.9. The van der Waals surface area contributed by atoms with Crippen LogP contribution in [0.25, 0.3) is 0 Å². The highest BCUT2D eigenvalue weighted by atomic mass is 32.1. The number of hydrazone groups is 1. The molecule has 0 atom stereocenters. The lowest BCUT2D eigenvalue weighted by molar-refractivity contribution is 0.324. The molecular formula is C18H21N3O3S. The second-order valence-corrected chi connectivity index (χ2v) is 5.41. The fraction of sp³-hybridized carbons (Fsp3) is 0.222. The standard InChI is InChI=1S/C18H21N3O3S/c1-22-15-9-14(10-16(23-2)17(15)24-3)12-20-21-18(25)19-11-13-7-5-4-6-8-13/h4-10,12H,11H2,1-3H3,(H2,19,21,25)/b20-12+. The molecule has 0 aliphatic carbocycles. The van der Waals surface area contributed by atoms with Gasteiger partial charge in [-0.15, -0.1) is 0 Å². The molecule has 2 aromatic rings. The summed E-state index contributed by atoms with van der Waals surface area (Å²) in [7, 11) is 4.70. The zero-order valence-corrected chi connectivity index (χ0v) is 15.2. The van der Waals surface area contributed by atoms with Gasteiger partial charge >= 0.3 is 0 Å². The number of nitrogens with zero attached hydrogens (tertiary/aromatic N) is 1. The zero-order chi connectivity index (χ0) is 18.1. The first-order valence-electron chi connectivity index (χ1n) is 7.58. The van der Waals surface area contributed by atoms with Crippen molar-refractivity contribution >= 4 is 23.5 Å². The molecule has 2 aromatic carbocycles. The first-order chi connectivity index (χ1) is 12.2. The van der Waals surface area contributed by atoms with E-state index in [0.717, 1.165) is 11.1 Å². The minimum atomic E-state index is 0.438. The lowest BCUT2D eigenvalue weighted by Crippen LogP contribution is -2.31. The lowest BCUT2D eigenvalue weighted by Gasteiger charge is -2.12. The van der Waals surface area contributed by atoms with Gasteiger partial charge in [-0.3, -0.25) is 5.43 Å². The maximum Gasteiger partial charge on any atom is 0.203 e. The first-order valence-corrected chi connectivity index (χ1v) is 7.99. The Morgan fingerprint density at radius 1 is 1.04 bits per heavy atom. The normalized spacial score (nSPS) is 10.4. The van der Waals surface area contributed by atoms with E-state index < -0.39 is 0 Å². The van der Waals surface area contributed by atoms with Crippen molar-refractivity contribution in [1.29, 1.82) is 0 Å². The van der Waals surface area contributed by atoms with Crippen LogP contribution in [0.15, 0.2) is 47.6 Å². The van der Waals surface area contributed by atoms with E-state index in [-0.39, 0.29) is 0 Å². The van der Waals surface area contributed by atoms with Gasteiger partial charge in [-0.2, -0.15) is 5.10 Å². The zero-order valence-electron chi connectivity index (χ0n) is 14.4. The molecule has 0 aliphatic heterocycles. The van der Waals surface area contributed by atoms with E-state index >= 15 is 0 Å². The van der Waals surface area contributed by atoms with Crippen molar-refractivity contribution in [3.8, 4) is 17.2 Å². The number of methoxy groups -OCH3 is 3. The second-order valence-electron chi connectivity index (χ2n) is 5.00. The minimum Gasteiger partial charge on any atom is -0.493 e. The summed E-state index contributed by atoms with van der Waals surface area (Å²) in [6.45, 7) is 0.631. The number of hydrogen-bond donors (Lipinski definition) is 2. The smallest absolute Gasteiger partial charge is 0.203 e. The van der Waals surface area contributed by atoms with Crippen molar-refractivity contribution in [1.82, 2.24) is 10.7 Å². The van der Waals surface area contributed by atoms with Gasteiger partial charge in [-0.05, 0) is 29.9 Å². The van der Waals surface area contributed by atoms with Gasteiger partial charge in [0.15, 0.2) is 16.6 Å². The maximum absolute atomic E-state index is 5.31. The third-order valence-corrected chi connectivity index (χ3v) is 3.60.